The van der Waals surface area contributed by atoms with Crippen molar-refractivity contribution in [3.63, 3.8) is 0 Å². The predicted octanol–water partition coefficient (Wildman–Crippen LogP) is 11.5. The second kappa shape index (κ2) is 32.3. The lowest BCUT2D eigenvalue weighted by atomic mass is 10.1. The third-order valence-corrected chi connectivity index (χ3v) is 16.3. The van der Waals surface area contributed by atoms with Gasteiger partial charge in [0.05, 0.1) is 46.9 Å². The molecule has 6 aromatic rings. The van der Waals surface area contributed by atoms with E-state index in [4.69, 9.17) is 27.9 Å². The van der Waals surface area contributed by atoms with E-state index in [1.54, 1.807) is 36.4 Å². The Labute approximate surface area is 537 Å². The average molecular weight is 1300 g/mol. The number of ether oxygens (including phenoxy) is 5. The monoisotopic (exact) mass is 1300 g/mol. The van der Waals surface area contributed by atoms with Gasteiger partial charge in [-0.2, -0.15) is 8.42 Å². The van der Waals surface area contributed by atoms with Crippen molar-refractivity contribution in [2.45, 2.75) is 107 Å². The van der Waals surface area contributed by atoms with Crippen LogP contribution in [0.25, 0.3) is 0 Å². The zero-order valence-corrected chi connectivity index (χ0v) is 54.2. The van der Waals surface area contributed by atoms with Crippen LogP contribution in [-0.4, -0.2) is 102 Å². The highest BCUT2D eigenvalue weighted by Gasteiger charge is 2.33. The maximum atomic E-state index is 11.8. The smallest absolute Gasteiger partial charge is 0.413 e. The summed E-state index contributed by atoms with van der Waals surface area (Å²) < 4.78 is 54.8. The van der Waals surface area contributed by atoms with Gasteiger partial charge >= 0.3 is 22.3 Å². The van der Waals surface area contributed by atoms with Crippen LogP contribution in [-0.2, 0) is 67.8 Å². The summed E-state index contributed by atoms with van der Waals surface area (Å²) in [6, 6.07) is 44.5. The standard InChI is InChI=1S/C24H28N2O4S.C23H26N2O5S.C19H19NO6S2/c1-16-25-22(27)21(31-16)15-18-7-11-20(12-8-18)29-14-13-17-5-9-19(10-6-17)26-23(28)30-24(2,3)4;1-23(2,3)25-21(27)30-18-10-4-15(5-11-18)12-13-29-17-8-6-16(7-9-17)14-19-20(26)24-22(28)31-19;1-28(23,24)26-16-8-2-13(3-9-16)10-11-25-15-6-4-14(5-7-15)12-17-18(21)20-19(22)27-17/h5-12,21H,1,13-15H2,2-4H3,(H,25,27)(H,26,28);4-11,19H,12-14H2,1-3H3,(H,25,27)(H,24,26,28);2-9,17H,10-12H2,1H3,(H,20,21,22). The van der Waals surface area contributed by atoms with Gasteiger partial charge in [0.2, 0.25) is 17.7 Å². The number of hydrogen-bond donors (Lipinski definition) is 5. The van der Waals surface area contributed by atoms with E-state index in [2.05, 4.69) is 33.2 Å². The lowest BCUT2D eigenvalue weighted by Gasteiger charge is -2.19. The number of carbonyl (C=O) groups is 7. The van der Waals surface area contributed by atoms with Gasteiger partial charge in [0.15, 0.2) is 0 Å². The third-order valence-electron chi connectivity index (χ3n) is 12.8. The maximum absolute atomic E-state index is 11.8. The molecule has 20 nitrogen and oxygen atoms in total. The largest absolute Gasteiger partial charge is 0.493 e. The molecule has 0 bridgehead atoms. The minimum Gasteiger partial charge on any atom is -0.493 e. The summed E-state index contributed by atoms with van der Waals surface area (Å²) in [4.78, 5) is 81.1. The van der Waals surface area contributed by atoms with Crippen molar-refractivity contribution in [3.05, 3.63) is 191 Å². The summed E-state index contributed by atoms with van der Waals surface area (Å²) in [7, 11) is -3.52. The van der Waals surface area contributed by atoms with Crippen molar-refractivity contribution in [2.75, 3.05) is 31.4 Å². The normalized spacial score (nSPS) is 16.2. The zero-order chi connectivity index (χ0) is 65.0. The molecule has 0 radical (unpaired) electrons. The van der Waals surface area contributed by atoms with Crippen LogP contribution in [0.3, 0.4) is 0 Å². The SMILES string of the molecule is C=C1NC(=O)C(Cc2ccc(OCCc3ccc(NC(=O)OC(C)(C)C)cc3)cc2)S1.CC(C)(C)NC(=O)Oc1ccc(CCOc2ccc(CC3SC(=O)NC3=O)cc2)cc1.CS(=O)(=O)Oc1ccc(CCOc2ccc(CC3SC(=O)NC3=O)cc2)cc1. The van der Waals surface area contributed by atoms with Gasteiger partial charge in [-0.3, -0.25) is 39.9 Å². The Morgan fingerprint density at radius 2 is 0.822 bits per heavy atom. The maximum Gasteiger partial charge on any atom is 0.413 e. The van der Waals surface area contributed by atoms with Crippen LogP contribution >= 0.6 is 35.3 Å². The van der Waals surface area contributed by atoms with Crippen LogP contribution in [0, 0.1) is 0 Å². The first-order chi connectivity index (χ1) is 42.6. The van der Waals surface area contributed by atoms with Crippen LogP contribution in [0.1, 0.15) is 74.9 Å². The van der Waals surface area contributed by atoms with Crippen molar-refractivity contribution in [2.24, 2.45) is 0 Å². The first kappa shape index (κ1) is 69.0. The summed E-state index contributed by atoms with van der Waals surface area (Å²) in [5, 5.41) is 12.0. The van der Waals surface area contributed by atoms with E-state index in [0.717, 1.165) is 81.1 Å². The van der Waals surface area contributed by atoms with Crippen LogP contribution in [0.4, 0.5) is 24.9 Å². The fraction of sp³-hybridized carbons (Fsp3) is 0.318. The molecule has 3 saturated heterocycles. The lowest BCUT2D eigenvalue weighted by molar-refractivity contribution is -0.120. The number of nitrogens with one attached hydrogen (secondary N) is 5. The van der Waals surface area contributed by atoms with Crippen molar-refractivity contribution < 1.29 is 69.8 Å². The zero-order valence-electron chi connectivity index (χ0n) is 50.9. The van der Waals surface area contributed by atoms with Gasteiger partial charge in [0, 0.05) is 30.5 Å². The molecule has 0 spiro atoms. The number of benzene rings is 6. The molecule has 3 unspecified atom stereocenters. The Morgan fingerprint density at radius 1 is 0.478 bits per heavy atom. The molecule has 90 heavy (non-hydrogen) atoms. The fourth-order valence-corrected chi connectivity index (χ4v) is 11.7. The molecule has 3 aliphatic rings. The summed E-state index contributed by atoms with van der Waals surface area (Å²) >= 11 is 3.52. The predicted molar refractivity (Wildman–Crippen MR) is 350 cm³/mol. The van der Waals surface area contributed by atoms with Crippen molar-refractivity contribution >= 4 is 91.5 Å². The van der Waals surface area contributed by atoms with Crippen molar-refractivity contribution in [3.8, 4) is 28.7 Å². The Kier molecular flexibility index (Phi) is 24.8. The van der Waals surface area contributed by atoms with E-state index >= 15 is 0 Å². The fourth-order valence-electron chi connectivity index (χ4n) is 8.56. The highest BCUT2D eigenvalue weighted by molar-refractivity contribution is 8.15. The number of rotatable bonds is 22. The van der Waals surface area contributed by atoms with Gasteiger partial charge in [0.25, 0.3) is 10.5 Å². The topological polar surface area (TPSA) is 269 Å². The van der Waals surface area contributed by atoms with E-state index in [1.165, 1.54) is 11.8 Å². The molecular formula is C66H73N5O15S4. The van der Waals surface area contributed by atoms with E-state index in [1.807, 2.05) is 151 Å². The van der Waals surface area contributed by atoms with Crippen molar-refractivity contribution in [1.82, 2.24) is 21.3 Å². The molecule has 0 aromatic heterocycles. The highest BCUT2D eigenvalue weighted by Crippen LogP contribution is 2.30. The molecule has 3 aliphatic heterocycles. The molecule has 7 amide bonds. The van der Waals surface area contributed by atoms with E-state index in [9.17, 15) is 42.0 Å². The van der Waals surface area contributed by atoms with Crippen LogP contribution < -0.4 is 49.7 Å². The first-order valence-electron chi connectivity index (χ1n) is 28.6. The highest BCUT2D eigenvalue weighted by atomic mass is 32.2. The second-order valence-electron chi connectivity index (χ2n) is 22.8. The Morgan fingerprint density at radius 3 is 1.16 bits per heavy atom. The molecule has 5 N–H and O–H groups in total. The summed E-state index contributed by atoms with van der Waals surface area (Å²) in [5.74, 6) is 2.53. The van der Waals surface area contributed by atoms with Gasteiger partial charge in [-0.15, -0.1) is 0 Å². The van der Waals surface area contributed by atoms with Crippen molar-refractivity contribution in [1.29, 1.82) is 0 Å². The molecule has 9 rings (SSSR count). The molecule has 476 valence electrons. The van der Waals surface area contributed by atoms with Gasteiger partial charge in [0.1, 0.15) is 34.3 Å². The second-order valence-corrected chi connectivity index (χ2v) is 28.0. The average Bonchev–Trinajstić information content (AvgIpc) is 2.47. The number of hydrogen-bond acceptors (Lipinski definition) is 18. The van der Waals surface area contributed by atoms with Gasteiger partial charge in [-0.1, -0.05) is 115 Å². The molecule has 24 heteroatoms. The lowest BCUT2D eigenvalue weighted by Crippen LogP contribution is -2.42. The summed E-state index contributed by atoms with van der Waals surface area (Å²) in [6.45, 7) is 16.4. The van der Waals surface area contributed by atoms with Gasteiger partial charge < -0.3 is 38.5 Å². The third kappa shape index (κ3) is 24.8. The van der Waals surface area contributed by atoms with E-state index in [-0.39, 0.29) is 55.2 Å². The number of amides is 7. The molecule has 3 fully saturated rings. The first-order valence-corrected chi connectivity index (χ1v) is 33.1. The van der Waals surface area contributed by atoms with Gasteiger partial charge in [-0.25, -0.2) is 9.59 Å². The summed E-state index contributed by atoms with van der Waals surface area (Å²) in [6.07, 6.45) is 3.82. The molecule has 0 saturated carbocycles. The van der Waals surface area contributed by atoms with E-state index in [0.29, 0.717) is 74.1 Å². The number of imide groups is 2. The Hall–Kier alpha value is -8.45. The van der Waals surface area contributed by atoms with Gasteiger partial charge in [-0.05, 0) is 167 Å². The molecule has 0 aliphatic carbocycles. The molecular weight excluding hydrogens is 1230 g/mol. The van der Waals surface area contributed by atoms with Crippen LogP contribution in [0.15, 0.2) is 157 Å². The Balaban J connectivity index is 0.000000192. The number of carbonyl (C=O) groups excluding carboxylic acids is 7. The number of anilines is 1. The Bertz CT molecular complexity index is 3420. The number of thioether (sulfide) groups is 3. The molecule has 3 atom stereocenters. The van der Waals surface area contributed by atoms with E-state index < -0.39 is 27.9 Å². The van der Waals surface area contributed by atoms with Crippen LogP contribution in [0.5, 0.6) is 28.7 Å². The quantitative estimate of drug-likeness (QED) is 0.0395. The minimum atomic E-state index is -3.52. The molecule has 3 heterocycles. The minimum absolute atomic E-state index is 0.0163. The molecule has 6 aromatic carbocycles. The van der Waals surface area contributed by atoms with Crippen LogP contribution in [0.2, 0.25) is 0 Å². The summed E-state index contributed by atoms with van der Waals surface area (Å²) in [5.41, 5.74) is 5.98.